The molecule has 0 N–H and O–H groups in total. The van der Waals surface area contributed by atoms with Gasteiger partial charge in [-0.2, -0.15) is 5.10 Å². The van der Waals surface area contributed by atoms with Crippen molar-refractivity contribution >= 4 is 5.78 Å². The number of hydrogen-bond donors (Lipinski definition) is 0. The Kier molecular flexibility index (Phi) is 4.41. The van der Waals surface area contributed by atoms with Gasteiger partial charge >= 0.3 is 0 Å². The normalized spacial score (nSPS) is 29.4. The predicted molar refractivity (Wildman–Crippen MR) is 81.9 cm³/mol. The third-order valence-corrected chi connectivity index (χ3v) is 5.46. The lowest BCUT2D eigenvalue weighted by Crippen LogP contribution is -2.32. The van der Waals surface area contributed by atoms with Crippen LogP contribution >= 0.6 is 0 Å². The van der Waals surface area contributed by atoms with Crippen LogP contribution in [0.5, 0.6) is 0 Å². The van der Waals surface area contributed by atoms with Gasteiger partial charge in [-0.3, -0.25) is 4.79 Å². The van der Waals surface area contributed by atoms with E-state index in [1.807, 2.05) is 4.68 Å². The zero-order chi connectivity index (χ0) is 14.8. The SMILES string of the molecule is CC(C)n1ncnc1CC(=O)C1CCC2CCCCC2C1. The lowest BCUT2D eigenvalue weighted by Gasteiger charge is -2.38. The van der Waals surface area contributed by atoms with Crippen molar-refractivity contribution in [1.82, 2.24) is 14.8 Å². The van der Waals surface area contributed by atoms with Gasteiger partial charge in [0, 0.05) is 12.0 Å². The van der Waals surface area contributed by atoms with Crippen molar-refractivity contribution in [3.05, 3.63) is 12.2 Å². The predicted octanol–water partition coefficient (Wildman–Crippen LogP) is 3.58. The van der Waals surface area contributed by atoms with Gasteiger partial charge in [0.2, 0.25) is 0 Å². The van der Waals surface area contributed by atoms with Crippen LogP contribution in [0.15, 0.2) is 6.33 Å². The zero-order valence-electron chi connectivity index (χ0n) is 13.3. The Balaban J connectivity index is 1.62. The molecular formula is C17H27N3O. The molecule has 0 bridgehead atoms. The second-order valence-corrected chi connectivity index (χ2v) is 7.17. The maximum absolute atomic E-state index is 12.6. The fourth-order valence-corrected chi connectivity index (χ4v) is 4.30. The molecule has 0 amide bonds. The molecule has 0 radical (unpaired) electrons. The highest BCUT2D eigenvalue weighted by molar-refractivity contribution is 5.82. The Morgan fingerprint density at radius 1 is 1.24 bits per heavy atom. The van der Waals surface area contributed by atoms with Crippen molar-refractivity contribution in [2.75, 3.05) is 0 Å². The van der Waals surface area contributed by atoms with Crippen molar-refractivity contribution in [2.45, 2.75) is 71.3 Å². The number of carbonyl (C=O) groups is 1. The van der Waals surface area contributed by atoms with Crippen LogP contribution in [0.4, 0.5) is 0 Å². The number of Topliss-reactive ketones (excluding diaryl/α,β-unsaturated/α-hetero) is 1. The first-order valence-corrected chi connectivity index (χ1v) is 8.56. The molecule has 21 heavy (non-hydrogen) atoms. The Hall–Kier alpha value is -1.19. The van der Waals surface area contributed by atoms with Crippen molar-refractivity contribution in [2.24, 2.45) is 17.8 Å². The molecule has 4 heteroatoms. The molecule has 0 aromatic carbocycles. The van der Waals surface area contributed by atoms with Gasteiger partial charge in [0.15, 0.2) is 0 Å². The third kappa shape index (κ3) is 3.19. The number of ketones is 1. The maximum atomic E-state index is 12.6. The van der Waals surface area contributed by atoms with Gasteiger partial charge in [-0.05, 0) is 44.9 Å². The summed E-state index contributed by atoms with van der Waals surface area (Å²) in [5.74, 6) is 3.20. The third-order valence-electron chi connectivity index (χ3n) is 5.46. The number of fused-ring (bicyclic) bond motifs is 1. The van der Waals surface area contributed by atoms with E-state index in [9.17, 15) is 4.79 Å². The van der Waals surface area contributed by atoms with Crippen molar-refractivity contribution in [3.63, 3.8) is 0 Å². The van der Waals surface area contributed by atoms with Crippen molar-refractivity contribution < 1.29 is 4.79 Å². The van der Waals surface area contributed by atoms with E-state index in [0.29, 0.717) is 12.2 Å². The molecular weight excluding hydrogens is 262 g/mol. The fourth-order valence-electron chi connectivity index (χ4n) is 4.30. The molecule has 0 saturated heterocycles. The van der Waals surface area contributed by atoms with E-state index >= 15 is 0 Å². The molecule has 2 saturated carbocycles. The number of hydrogen-bond acceptors (Lipinski definition) is 3. The molecule has 0 spiro atoms. The van der Waals surface area contributed by atoms with Crippen molar-refractivity contribution in [3.8, 4) is 0 Å². The molecule has 116 valence electrons. The Bertz CT molecular complexity index is 494. The number of carbonyl (C=O) groups excluding carboxylic acids is 1. The summed E-state index contributed by atoms with van der Waals surface area (Å²) in [6.45, 7) is 4.16. The Morgan fingerprint density at radius 2 is 2.00 bits per heavy atom. The minimum Gasteiger partial charge on any atom is -0.299 e. The van der Waals surface area contributed by atoms with Gasteiger partial charge in [-0.15, -0.1) is 0 Å². The van der Waals surface area contributed by atoms with Crippen LogP contribution in [0.2, 0.25) is 0 Å². The topological polar surface area (TPSA) is 47.8 Å². The van der Waals surface area contributed by atoms with E-state index in [0.717, 1.165) is 30.5 Å². The molecule has 1 heterocycles. The molecule has 1 aromatic rings. The minimum absolute atomic E-state index is 0.265. The summed E-state index contributed by atoms with van der Waals surface area (Å²) in [7, 11) is 0. The molecule has 3 rings (SSSR count). The van der Waals surface area contributed by atoms with Gasteiger partial charge in [0.1, 0.15) is 17.9 Å². The summed E-state index contributed by atoms with van der Waals surface area (Å²) in [6.07, 6.45) is 11.0. The van der Waals surface area contributed by atoms with E-state index in [2.05, 4.69) is 23.9 Å². The standard InChI is InChI=1S/C17H27N3O/c1-12(2)20-17(18-11-19-20)10-16(21)15-8-7-13-5-3-4-6-14(13)9-15/h11-15H,3-10H2,1-2H3. The zero-order valence-corrected chi connectivity index (χ0v) is 13.3. The highest BCUT2D eigenvalue weighted by Crippen LogP contribution is 2.43. The minimum atomic E-state index is 0.265. The second kappa shape index (κ2) is 6.29. The molecule has 4 nitrogen and oxygen atoms in total. The lowest BCUT2D eigenvalue weighted by molar-refractivity contribution is -0.124. The Labute approximate surface area is 127 Å². The quantitative estimate of drug-likeness (QED) is 0.851. The van der Waals surface area contributed by atoms with Crippen LogP contribution in [-0.4, -0.2) is 20.5 Å². The molecule has 1 aromatic heterocycles. The highest BCUT2D eigenvalue weighted by atomic mass is 16.1. The van der Waals surface area contributed by atoms with E-state index in [4.69, 9.17) is 0 Å². The van der Waals surface area contributed by atoms with Crippen LogP contribution in [0.25, 0.3) is 0 Å². The van der Waals surface area contributed by atoms with Crippen LogP contribution < -0.4 is 0 Å². The molecule has 2 fully saturated rings. The van der Waals surface area contributed by atoms with Gasteiger partial charge in [0.25, 0.3) is 0 Å². The molecule has 3 atom stereocenters. The summed E-state index contributed by atoms with van der Waals surface area (Å²) in [5, 5.41) is 4.23. The van der Waals surface area contributed by atoms with Crippen LogP contribution in [0.1, 0.15) is 70.7 Å². The van der Waals surface area contributed by atoms with E-state index in [1.54, 1.807) is 6.33 Å². The summed E-state index contributed by atoms with van der Waals surface area (Å²) in [5.41, 5.74) is 0. The highest BCUT2D eigenvalue weighted by Gasteiger charge is 2.35. The molecule has 3 unspecified atom stereocenters. The lowest BCUT2D eigenvalue weighted by atomic mass is 9.66. The average Bonchev–Trinajstić information content (AvgIpc) is 2.95. The van der Waals surface area contributed by atoms with Gasteiger partial charge in [-0.25, -0.2) is 9.67 Å². The summed E-state index contributed by atoms with van der Waals surface area (Å²) in [6, 6.07) is 0.268. The average molecular weight is 289 g/mol. The van der Waals surface area contributed by atoms with E-state index in [-0.39, 0.29) is 12.0 Å². The van der Waals surface area contributed by atoms with Crippen LogP contribution in [-0.2, 0) is 11.2 Å². The summed E-state index contributed by atoms with van der Waals surface area (Å²) >= 11 is 0. The number of rotatable bonds is 4. The van der Waals surface area contributed by atoms with Gasteiger partial charge in [0.05, 0.1) is 6.42 Å². The smallest absolute Gasteiger partial charge is 0.143 e. The molecule has 2 aliphatic carbocycles. The van der Waals surface area contributed by atoms with Crippen LogP contribution in [0.3, 0.4) is 0 Å². The second-order valence-electron chi connectivity index (χ2n) is 7.17. The van der Waals surface area contributed by atoms with E-state index in [1.165, 1.54) is 32.1 Å². The van der Waals surface area contributed by atoms with Gasteiger partial charge in [-0.1, -0.05) is 25.7 Å². The first-order valence-electron chi connectivity index (χ1n) is 8.56. The van der Waals surface area contributed by atoms with Crippen molar-refractivity contribution in [1.29, 1.82) is 0 Å². The van der Waals surface area contributed by atoms with Gasteiger partial charge < -0.3 is 0 Å². The largest absolute Gasteiger partial charge is 0.299 e. The monoisotopic (exact) mass is 289 g/mol. The number of aromatic nitrogens is 3. The Morgan fingerprint density at radius 3 is 2.76 bits per heavy atom. The molecule has 2 aliphatic rings. The van der Waals surface area contributed by atoms with Crippen LogP contribution in [0, 0.1) is 17.8 Å². The molecule has 0 aliphatic heterocycles. The summed E-state index contributed by atoms with van der Waals surface area (Å²) < 4.78 is 1.88. The first-order chi connectivity index (χ1) is 10.1. The van der Waals surface area contributed by atoms with E-state index < -0.39 is 0 Å². The maximum Gasteiger partial charge on any atom is 0.143 e. The fraction of sp³-hybridized carbons (Fsp3) is 0.824. The summed E-state index contributed by atoms with van der Waals surface area (Å²) in [4.78, 5) is 16.9. The number of nitrogens with zero attached hydrogens (tertiary/aromatic N) is 3. The first kappa shape index (κ1) is 14.7.